The number of hydrazine groups is 1. The number of rotatable bonds is 7. The number of methoxy groups -OCH3 is 1. The lowest BCUT2D eigenvalue weighted by Crippen LogP contribution is -2.30. The van der Waals surface area contributed by atoms with Crippen molar-refractivity contribution in [2.24, 2.45) is 0 Å². The lowest BCUT2D eigenvalue weighted by Gasteiger charge is -2.21. The van der Waals surface area contributed by atoms with E-state index < -0.39 is 22.5 Å². The predicted octanol–water partition coefficient (Wildman–Crippen LogP) is 3.35. The second-order valence-corrected chi connectivity index (χ2v) is 6.69. The number of esters is 1. The number of aromatic nitrogens is 2. The largest absolute Gasteiger partial charge is 0.465 e. The zero-order valence-corrected chi connectivity index (χ0v) is 17.7. The van der Waals surface area contributed by atoms with Gasteiger partial charge in [-0.3, -0.25) is 25.8 Å². The van der Waals surface area contributed by atoms with E-state index >= 15 is 0 Å². The van der Waals surface area contributed by atoms with Crippen LogP contribution in [-0.2, 0) is 4.74 Å². The van der Waals surface area contributed by atoms with E-state index in [0.29, 0.717) is 5.69 Å². The van der Waals surface area contributed by atoms with Crippen molar-refractivity contribution >= 4 is 46.5 Å². The first-order chi connectivity index (χ1) is 15.3. The molecule has 0 atom stereocenters. The summed E-state index contributed by atoms with van der Waals surface area (Å²) in [4.78, 5) is 44.9. The van der Waals surface area contributed by atoms with E-state index in [1.807, 2.05) is 0 Å². The van der Waals surface area contributed by atoms with Crippen LogP contribution in [0.2, 0.25) is 5.02 Å². The van der Waals surface area contributed by atoms with Gasteiger partial charge in [-0.1, -0.05) is 35.9 Å². The molecule has 3 rings (SSSR count). The number of benzene rings is 2. The number of hydrogen-bond donors (Lipinski definition) is 2. The first-order valence-corrected chi connectivity index (χ1v) is 9.44. The smallest absolute Gasteiger partial charge is 0.355 e. The molecule has 0 aliphatic heterocycles. The van der Waals surface area contributed by atoms with Gasteiger partial charge in [-0.25, -0.2) is 14.8 Å². The molecule has 1 amide bonds. The summed E-state index contributed by atoms with van der Waals surface area (Å²) in [5.41, 5.74) is 4.94. The Kier molecular flexibility index (Phi) is 6.80. The van der Waals surface area contributed by atoms with Gasteiger partial charge in [0.2, 0.25) is 11.6 Å². The summed E-state index contributed by atoms with van der Waals surface area (Å²) in [5, 5.41) is 12.1. The molecule has 0 bridgehead atoms. The summed E-state index contributed by atoms with van der Waals surface area (Å²) < 4.78 is 4.78. The highest BCUT2D eigenvalue weighted by Gasteiger charge is 2.28. The monoisotopic (exact) mass is 456 g/mol. The van der Waals surface area contributed by atoms with Crippen molar-refractivity contribution in [3.8, 4) is 0 Å². The highest BCUT2D eigenvalue weighted by molar-refractivity contribution is 6.33. The third-order valence-electron chi connectivity index (χ3n) is 4.39. The van der Waals surface area contributed by atoms with Gasteiger partial charge in [-0.2, -0.15) is 0 Å². The Balaban J connectivity index is 1.95. The van der Waals surface area contributed by atoms with E-state index in [2.05, 4.69) is 20.8 Å². The number of nitrogens with one attached hydrogen (secondary N) is 2. The molecular weight excluding hydrogens is 440 g/mol. The molecule has 0 saturated carbocycles. The van der Waals surface area contributed by atoms with Gasteiger partial charge in [-0.05, 0) is 24.3 Å². The Hall–Kier alpha value is -4.25. The van der Waals surface area contributed by atoms with Crippen LogP contribution in [0.4, 0.5) is 23.0 Å². The zero-order valence-electron chi connectivity index (χ0n) is 16.9. The number of carbonyl (C=O) groups is 2. The first kappa shape index (κ1) is 22.4. The number of ether oxygens (including phenoxy) is 1. The molecule has 0 radical (unpaired) electrons. The number of carbonyl (C=O) groups excluding carboxylic acids is 2. The van der Waals surface area contributed by atoms with Gasteiger partial charge in [0.05, 0.1) is 33.9 Å². The second kappa shape index (κ2) is 9.71. The van der Waals surface area contributed by atoms with Crippen LogP contribution in [0.3, 0.4) is 0 Å². The van der Waals surface area contributed by atoms with Crippen LogP contribution >= 0.6 is 11.6 Å². The van der Waals surface area contributed by atoms with Gasteiger partial charge in [0.25, 0.3) is 5.91 Å². The van der Waals surface area contributed by atoms with Crippen LogP contribution in [0.25, 0.3) is 0 Å². The Labute approximate surface area is 187 Å². The van der Waals surface area contributed by atoms with Crippen LogP contribution in [0.15, 0.2) is 54.9 Å². The van der Waals surface area contributed by atoms with Crippen LogP contribution in [0, 0.1) is 10.1 Å². The fraction of sp³-hybridized carbons (Fsp3) is 0.100. The van der Waals surface area contributed by atoms with Gasteiger partial charge in [0.15, 0.2) is 0 Å². The van der Waals surface area contributed by atoms with E-state index in [1.54, 1.807) is 30.3 Å². The normalized spacial score (nSPS) is 10.2. The lowest BCUT2D eigenvalue weighted by atomic mass is 10.1. The molecule has 0 aliphatic carbocycles. The van der Waals surface area contributed by atoms with E-state index in [9.17, 15) is 19.7 Å². The molecule has 3 aromatic rings. The summed E-state index contributed by atoms with van der Waals surface area (Å²) in [6, 6.07) is 12.7. The molecule has 11 nitrogen and oxygen atoms in total. The number of halogens is 1. The van der Waals surface area contributed by atoms with Crippen LogP contribution in [-0.4, -0.2) is 40.9 Å². The van der Waals surface area contributed by atoms with Crippen molar-refractivity contribution in [3.63, 3.8) is 0 Å². The Morgan fingerprint density at radius 3 is 2.41 bits per heavy atom. The van der Waals surface area contributed by atoms with E-state index in [1.165, 1.54) is 37.3 Å². The maximum Gasteiger partial charge on any atom is 0.355 e. The Morgan fingerprint density at radius 1 is 1.09 bits per heavy atom. The molecule has 0 saturated heterocycles. The fourth-order valence-electron chi connectivity index (χ4n) is 2.87. The van der Waals surface area contributed by atoms with Crippen LogP contribution in [0.5, 0.6) is 0 Å². The zero-order chi connectivity index (χ0) is 23.3. The summed E-state index contributed by atoms with van der Waals surface area (Å²) in [6.45, 7) is 0. The van der Waals surface area contributed by atoms with E-state index in [-0.39, 0.29) is 27.8 Å². The number of hydrogen-bond acceptors (Lipinski definition) is 9. The summed E-state index contributed by atoms with van der Waals surface area (Å²) in [7, 11) is 2.74. The van der Waals surface area contributed by atoms with Crippen molar-refractivity contribution in [1.29, 1.82) is 0 Å². The minimum absolute atomic E-state index is 0.115. The van der Waals surface area contributed by atoms with Crippen molar-refractivity contribution in [3.05, 3.63) is 81.1 Å². The molecule has 1 aromatic heterocycles. The molecule has 0 aliphatic rings. The summed E-state index contributed by atoms with van der Waals surface area (Å²) in [5.74, 6) is -1.61. The van der Waals surface area contributed by atoms with E-state index in [4.69, 9.17) is 16.3 Å². The maximum atomic E-state index is 12.4. The van der Waals surface area contributed by atoms with Gasteiger partial charge in [-0.15, -0.1) is 0 Å². The number of anilines is 3. The Morgan fingerprint density at radius 2 is 1.75 bits per heavy atom. The van der Waals surface area contributed by atoms with Crippen molar-refractivity contribution in [2.75, 3.05) is 24.5 Å². The van der Waals surface area contributed by atoms with Crippen molar-refractivity contribution in [1.82, 2.24) is 15.4 Å². The third kappa shape index (κ3) is 4.57. The molecular formula is C20H17ClN6O5. The summed E-state index contributed by atoms with van der Waals surface area (Å²) in [6.07, 6.45) is 1.09. The molecule has 164 valence electrons. The molecule has 2 N–H and O–H groups in total. The molecule has 32 heavy (non-hydrogen) atoms. The van der Waals surface area contributed by atoms with Crippen molar-refractivity contribution in [2.45, 2.75) is 0 Å². The fourth-order valence-corrected chi connectivity index (χ4v) is 3.09. The quantitative estimate of drug-likeness (QED) is 0.311. The number of amides is 1. The van der Waals surface area contributed by atoms with E-state index in [0.717, 1.165) is 6.33 Å². The highest BCUT2D eigenvalue weighted by atomic mass is 35.5. The minimum Gasteiger partial charge on any atom is -0.465 e. The number of nitro groups is 1. The average Bonchev–Trinajstić information content (AvgIpc) is 2.81. The molecule has 0 unspecified atom stereocenters. The number of nitrogens with zero attached hydrogens (tertiary/aromatic N) is 4. The molecule has 0 fully saturated rings. The third-order valence-corrected chi connectivity index (χ3v) is 4.72. The van der Waals surface area contributed by atoms with Gasteiger partial charge in [0.1, 0.15) is 6.33 Å². The van der Waals surface area contributed by atoms with Gasteiger partial charge >= 0.3 is 11.7 Å². The Bertz CT molecular complexity index is 1190. The topological polar surface area (TPSA) is 140 Å². The predicted molar refractivity (Wildman–Crippen MR) is 117 cm³/mol. The minimum atomic E-state index is -0.698. The standard InChI is InChI=1S/C20H17ClN6O5/c1-26(15-10-6-4-8-13(15)20(29)32-2)18-16(27(30)31)17(22-11-23-18)24-25-19(28)12-7-3-5-9-14(12)21/h3-11H,1-2H3,(H,25,28)(H,22,23,24). The van der Waals surface area contributed by atoms with Gasteiger partial charge < -0.3 is 9.64 Å². The molecule has 12 heteroatoms. The van der Waals surface area contributed by atoms with Crippen LogP contribution < -0.4 is 15.8 Å². The van der Waals surface area contributed by atoms with Crippen molar-refractivity contribution < 1.29 is 19.2 Å². The molecule has 2 aromatic carbocycles. The van der Waals surface area contributed by atoms with Gasteiger partial charge in [0, 0.05) is 7.05 Å². The lowest BCUT2D eigenvalue weighted by molar-refractivity contribution is -0.383. The maximum absolute atomic E-state index is 12.4. The average molecular weight is 457 g/mol. The number of para-hydroxylation sites is 1. The first-order valence-electron chi connectivity index (χ1n) is 9.06. The summed E-state index contributed by atoms with van der Waals surface area (Å²) >= 11 is 6.00. The SMILES string of the molecule is COC(=O)c1ccccc1N(C)c1ncnc(NNC(=O)c2ccccc2Cl)c1[N+](=O)[O-]. The highest BCUT2D eigenvalue weighted by Crippen LogP contribution is 2.36. The molecule has 1 heterocycles. The second-order valence-electron chi connectivity index (χ2n) is 6.28. The molecule has 0 spiro atoms. The van der Waals surface area contributed by atoms with Crippen LogP contribution in [0.1, 0.15) is 20.7 Å².